The lowest BCUT2D eigenvalue weighted by molar-refractivity contribution is -0.122. The van der Waals surface area contributed by atoms with E-state index in [0.717, 1.165) is 0 Å². The normalized spacial score (nSPS) is 22.4. The van der Waals surface area contributed by atoms with Crippen molar-refractivity contribution in [1.82, 2.24) is 14.2 Å². The van der Waals surface area contributed by atoms with Gasteiger partial charge in [-0.25, -0.2) is 8.42 Å². The Labute approximate surface area is 118 Å². The number of hydrogen-bond acceptors (Lipinski definition) is 5. The summed E-state index contributed by atoms with van der Waals surface area (Å²) in [5.74, 6) is -0.987. The second kappa shape index (κ2) is 5.86. The number of carbonyl (C=O) groups excluding carboxylic acids is 1. The molecule has 1 aromatic rings. The van der Waals surface area contributed by atoms with Crippen LogP contribution in [0.3, 0.4) is 0 Å². The average molecular weight is 298 g/mol. The Morgan fingerprint density at radius 2 is 2.15 bits per heavy atom. The van der Waals surface area contributed by atoms with E-state index in [1.54, 1.807) is 6.07 Å². The molecule has 1 unspecified atom stereocenters. The molecule has 110 valence electrons. The van der Waals surface area contributed by atoms with Crippen LogP contribution in [0.5, 0.6) is 0 Å². The first kappa shape index (κ1) is 14.9. The number of rotatable bonds is 3. The Hall–Kier alpha value is -1.51. The quantitative estimate of drug-likeness (QED) is 0.781. The van der Waals surface area contributed by atoms with Crippen molar-refractivity contribution in [3.63, 3.8) is 0 Å². The van der Waals surface area contributed by atoms with Crippen molar-refractivity contribution in [2.75, 3.05) is 33.2 Å². The Morgan fingerprint density at radius 3 is 2.75 bits per heavy atom. The minimum absolute atomic E-state index is 0.108. The lowest BCUT2D eigenvalue weighted by Gasteiger charge is -2.21. The lowest BCUT2D eigenvalue weighted by atomic mass is 10.1. The van der Waals surface area contributed by atoms with E-state index in [1.807, 2.05) is 11.9 Å². The van der Waals surface area contributed by atoms with Crippen LogP contribution in [-0.4, -0.2) is 61.7 Å². The fraction of sp³-hybridized carbons (Fsp3) is 0.500. The number of carbonyl (C=O) groups is 1. The first-order valence-electron chi connectivity index (χ1n) is 6.29. The number of aromatic nitrogens is 1. The highest BCUT2D eigenvalue weighted by molar-refractivity contribution is 7.89. The lowest BCUT2D eigenvalue weighted by Crippen LogP contribution is -2.40. The molecule has 0 aromatic carbocycles. The summed E-state index contributed by atoms with van der Waals surface area (Å²) in [6.07, 6.45) is 2.82. The molecule has 8 heteroatoms. The Morgan fingerprint density at radius 1 is 1.40 bits per heavy atom. The highest BCUT2D eigenvalue weighted by Crippen LogP contribution is 2.18. The van der Waals surface area contributed by atoms with Crippen LogP contribution in [-0.2, 0) is 14.8 Å². The van der Waals surface area contributed by atoms with E-state index in [9.17, 15) is 13.2 Å². The highest BCUT2D eigenvalue weighted by Gasteiger charge is 2.32. The summed E-state index contributed by atoms with van der Waals surface area (Å²) in [7, 11) is -1.80. The predicted octanol–water partition coefficient (Wildman–Crippen LogP) is -0.881. The molecule has 2 N–H and O–H groups in total. The number of hydrogen-bond donors (Lipinski definition) is 1. The number of primary amides is 1. The first-order chi connectivity index (χ1) is 9.41. The summed E-state index contributed by atoms with van der Waals surface area (Å²) in [6.45, 7) is 1.46. The van der Waals surface area contributed by atoms with Gasteiger partial charge in [0.25, 0.3) is 0 Å². The Bertz CT molecular complexity index is 576. The molecule has 7 nitrogen and oxygen atoms in total. The Balaban J connectivity index is 2.29. The van der Waals surface area contributed by atoms with Gasteiger partial charge in [-0.2, -0.15) is 4.31 Å². The molecule has 1 atom stereocenters. The zero-order valence-corrected chi connectivity index (χ0v) is 12.1. The second-order valence-corrected chi connectivity index (χ2v) is 6.85. The fourth-order valence-corrected chi connectivity index (χ4v) is 3.63. The minimum Gasteiger partial charge on any atom is -0.369 e. The largest absolute Gasteiger partial charge is 0.369 e. The topological polar surface area (TPSA) is 96.6 Å². The van der Waals surface area contributed by atoms with Crippen molar-refractivity contribution < 1.29 is 13.2 Å². The molecule has 0 bridgehead atoms. The zero-order valence-electron chi connectivity index (χ0n) is 11.3. The summed E-state index contributed by atoms with van der Waals surface area (Å²) < 4.78 is 26.4. The molecule has 2 heterocycles. The number of nitrogens with zero attached hydrogens (tertiary/aromatic N) is 3. The third-order valence-electron chi connectivity index (χ3n) is 3.36. The van der Waals surface area contributed by atoms with Gasteiger partial charge in [0.15, 0.2) is 0 Å². The molecule has 1 saturated heterocycles. The van der Waals surface area contributed by atoms with Crippen molar-refractivity contribution in [1.29, 1.82) is 0 Å². The van der Waals surface area contributed by atoms with Gasteiger partial charge in [-0.3, -0.25) is 9.78 Å². The fourth-order valence-electron chi connectivity index (χ4n) is 2.19. The number of nitrogens with two attached hydrogens (primary N) is 1. The van der Waals surface area contributed by atoms with Gasteiger partial charge < -0.3 is 10.6 Å². The van der Waals surface area contributed by atoms with Crippen molar-refractivity contribution in [2.24, 2.45) is 11.7 Å². The maximum absolute atomic E-state index is 12.5. The van der Waals surface area contributed by atoms with Gasteiger partial charge in [-0.15, -0.1) is 0 Å². The molecule has 2 rings (SSSR count). The molecule has 1 aromatic heterocycles. The van der Waals surface area contributed by atoms with Gasteiger partial charge in [0, 0.05) is 38.6 Å². The number of likely N-dealkylation sites (N-methyl/N-ethyl adjacent to an activating group) is 1. The third-order valence-corrected chi connectivity index (χ3v) is 5.21. The maximum atomic E-state index is 12.5. The predicted molar refractivity (Wildman–Crippen MR) is 73.2 cm³/mol. The summed E-state index contributed by atoms with van der Waals surface area (Å²) in [4.78, 5) is 17.3. The first-order valence-corrected chi connectivity index (χ1v) is 7.73. The van der Waals surface area contributed by atoms with E-state index in [2.05, 4.69) is 4.98 Å². The number of amides is 1. The molecule has 0 radical (unpaired) electrons. The van der Waals surface area contributed by atoms with Crippen LogP contribution in [0, 0.1) is 5.92 Å². The van der Waals surface area contributed by atoms with E-state index in [0.29, 0.717) is 19.6 Å². The SMILES string of the molecule is CN1CCN(S(=O)(=O)c2cccnc2)CC(C(N)=O)C1. The second-order valence-electron chi connectivity index (χ2n) is 4.91. The standard InChI is InChI=1S/C12H18N4O3S/c1-15-5-6-16(9-10(8-15)12(13)17)20(18,19)11-3-2-4-14-7-11/h2-4,7,10H,5-6,8-9H2,1H3,(H2,13,17). The van der Waals surface area contributed by atoms with E-state index in [-0.39, 0.29) is 11.4 Å². The van der Waals surface area contributed by atoms with E-state index in [1.165, 1.54) is 22.8 Å². The average Bonchev–Trinajstić information content (AvgIpc) is 2.62. The van der Waals surface area contributed by atoms with Crippen LogP contribution in [0.1, 0.15) is 0 Å². The third kappa shape index (κ3) is 3.14. The highest BCUT2D eigenvalue weighted by atomic mass is 32.2. The number of pyridine rings is 1. The van der Waals surface area contributed by atoms with Gasteiger partial charge in [-0.1, -0.05) is 0 Å². The van der Waals surface area contributed by atoms with Gasteiger partial charge in [0.1, 0.15) is 4.90 Å². The monoisotopic (exact) mass is 298 g/mol. The van der Waals surface area contributed by atoms with Gasteiger partial charge >= 0.3 is 0 Å². The molecule has 1 aliphatic rings. The molecule has 1 aliphatic heterocycles. The molecule has 0 spiro atoms. The van der Waals surface area contributed by atoms with E-state index < -0.39 is 21.8 Å². The van der Waals surface area contributed by atoms with Crippen LogP contribution < -0.4 is 5.73 Å². The molecule has 1 fully saturated rings. The Kier molecular flexibility index (Phi) is 4.36. The molecule has 0 saturated carbocycles. The van der Waals surface area contributed by atoms with Gasteiger partial charge in [0.05, 0.1) is 5.92 Å². The van der Waals surface area contributed by atoms with Crippen molar-refractivity contribution in [3.05, 3.63) is 24.5 Å². The minimum atomic E-state index is -3.64. The van der Waals surface area contributed by atoms with Gasteiger partial charge in [0.2, 0.25) is 15.9 Å². The van der Waals surface area contributed by atoms with Crippen LogP contribution in [0.25, 0.3) is 0 Å². The molecular weight excluding hydrogens is 280 g/mol. The van der Waals surface area contributed by atoms with Gasteiger partial charge in [-0.05, 0) is 19.2 Å². The van der Waals surface area contributed by atoms with Crippen LogP contribution in [0.4, 0.5) is 0 Å². The number of sulfonamides is 1. The summed E-state index contributed by atoms with van der Waals surface area (Å²) in [5, 5.41) is 0. The molecular formula is C12H18N4O3S. The summed E-state index contributed by atoms with van der Waals surface area (Å²) in [6, 6.07) is 3.07. The zero-order chi connectivity index (χ0) is 14.8. The van der Waals surface area contributed by atoms with E-state index >= 15 is 0 Å². The van der Waals surface area contributed by atoms with E-state index in [4.69, 9.17) is 5.73 Å². The summed E-state index contributed by atoms with van der Waals surface area (Å²) >= 11 is 0. The van der Waals surface area contributed by atoms with Crippen LogP contribution in [0.15, 0.2) is 29.4 Å². The maximum Gasteiger partial charge on any atom is 0.244 e. The molecule has 20 heavy (non-hydrogen) atoms. The molecule has 1 amide bonds. The smallest absolute Gasteiger partial charge is 0.244 e. The molecule has 0 aliphatic carbocycles. The van der Waals surface area contributed by atoms with Crippen molar-refractivity contribution in [2.45, 2.75) is 4.90 Å². The van der Waals surface area contributed by atoms with Crippen molar-refractivity contribution in [3.8, 4) is 0 Å². The van der Waals surface area contributed by atoms with Crippen molar-refractivity contribution >= 4 is 15.9 Å². The van der Waals surface area contributed by atoms with Crippen LogP contribution >= 0.6 is 0 Å². The summed E-state index contributed by atoms with van der Waals surface area (Å²) in [5.41, 5.74) is 5.34. The van der Waals surface area contributed by atoms with Crippen LogP contribution in [0.2, 0.25) is 0 Å².